The summed E-state index contributed by atoms with van der Waals surface area (Å²) >= 11 is 0. The van der Waals surface area contributed by atoms with Crippen LogP contribution in [0.4, 0.5) is 11.6 Å². The molecular formula is C15H17N4O+. The molecule has 0 aliphatic carbocycles. The summed E-state index contributed by atoms with van der Waals surface area (Å²) in [4.78, 5) is 23.0. The minimum atomic E-state index is 0.552. The third-order valence-corrected chi connectivity index (χ3v) is 2.80. The van der Waals surface area contributed by atoms with E-state index in [0.29, 0.717) is 11.6 Å². The van der Waals surface area contributed by atoms with E-state index in [-0.39, 0.29) is 0 Å². The summed E-state index contributed by atoms with van der Waals surface area (Å²) in [5.74, 6) is 0.552. The molecule has 1 N–H and O–H groups in total. The van der Waals surface area contributed by atoms with Crippen LogP contribution in [0.1, 0.15) is 23.9 Å². The maximum Gasteiger partial charge on any atom is 0.256 e. The van der Waals surface area contributed by atoms with Crippen molar-refractivity contribution in [2.24, 2.45) is 4.99 Å². The van der Waals surface area contributed by atoms with Gasteiger partial charge in [-0.25, -0.2) is 9.98 Å². The predicted molar refractivity (Wildman–Crippen MR) is 80.9 cm³/mol. The molecule has 0 fully saturated rings. The molecule has 2 aromatic rings. The minimum absolute atomic E-state index is 0.552. The number of aliphatic imine (C=N–C) groups is 1. The third-order valence-electron chi connectivity index (χ3n) is 2.80. The van der Waals surface area contributed by atoms with Gasteiger partial charge in [0.25, 0.3) is 5.69 Å². The Bertz CT molecular complexity index is 683. The highest BCUT2D eigenvalue weighted by Gasteiger charge is 2.06. The SMILES string of the molecule is CC=Cc1nc(N=Cc2cccc([N+](C)=O)c2)[nH]c1C. The van der Waals surface area contributed by atoms with Gasteiger partial charge in [-0.15, -0.1) is 0 Å². The highest BCUT2D eigenvalue weighted by atomic mass is 16.3. The number of hydrogen-bond donors (Lipinski definition) is 1. The second-order valence-corrected chi connectivity index (χ2v) is 4.42. The van der Waals surface area contributed by atoms with Gasteiger partial charge in [-0.3, -0.25) is 0 Å². The van der Waals surface area contributed by atoms with Crippen LogP contribution < -0.4 is 0 Å². The van der Waals surface area contributed by atoms with E-state index in [1.807, 2.05) is 38.1 Å². The molecule has 0 atom stereocenters. The summed E-state index contributed by atoms with van der Waals surface area (Å²) in [5, 5.41) is 0. The second kappa shape index (κ2) is 6.06. The molecule has 0 amide bonds. The van der Waals surface area contributed by atoms with Crippen LogP contribution in [-0.4, -0.2) is 28.0 Å². The van der Waals surface area contributed by atoms with Crippen LogP contribution in [0.15, 0.2) is 35.3 Å². The van der Waals surface area contributed by atoms with Crippen LogP contribution in [0.5, 0.6) is 0 Å². The number of hydrogen-bond acceptors (Lipinski definition) is 3. The van der Waals surface area contributed by atoms with E-state index in [2.05, 4.69) is 15.0 Å². The maximum absolute atomic E-state index is 11.2. The van der Waals surface area contributed by atoms with E-state index in [9.17, 15) is 4.91 Å². The van der Waals surface area contributed by atoms with E-state index >= 15 is 0 Å². The van der Waals surface area contributed by atoms with Gasteiger partial charge in [-0.1, -0.05) is 18.2 Å². The number of nitrogens with zero attached hydrogens (tertiary/aromatic N) is 3. The Kier molecular flexibility index (Phi) is 4.20. The zero-order chi connectivity index (χ0) is 14.5. The van der Waals surface area contributed by atoms with Gasteiger partial charge in [0.15, 0.2) is 7.05 Å². The van der Waals surface area contributed by atoms with Gasteiger partial charge in [-0.05, 0) is 25.5 Å². The monoisotopic (exact) mass is 269 g/mol. The van der Waals surface area contributed by atoms with Gasteiger partial charge in [0, 0.05) is 33.7 Å². The molecular weight excluding hydrogens is 252 g/mol. The first-order valence-corrected chi connectivity index (χ1v) is 6.34. The number of aryl methyl sites for hydroxylation is 1. The Morgan fingerprint density at radius 3 is 2.90 bits per heavy atom. The molecule has 0 spiro atoms. The number of aromatic nitrogens is 2. The number of H-pyrrole nitrogens is 1. The van der Waals surface area contributed by atoms with Crippen molar-refractivity contribution in [2.75, 3.05) is 7.05 Å². The molecule has 1 heterocycles. The quantitative estimate of drug-likeness (QED) is 0.681. The van der Waals surface area contributed by atoms with Gasteiger partial charge in [0.05, 0.1) is 5.69 Å². The number of benzene rings is 1. The average Bonchev–Trinajstić information content (AvgIpc) is 2.78. The summed E-state index contributed by atoms with van der Waals surface area (Å²) in [5.41, 5.74) is 3.31. The Balaban J connectivity index is 2.23. The molecule has 1 aromatic carbocycles. The lowest BCUT2D eigenvalue weighted by molar-refractivity contribution is -0.428. The highest BCUT2D eigenvalue weighted by molar-refractivity contribution is 5.82. The van der Waals surface area contributed by atoms with Gasteiger partial charge in [0.1, 0.15) is 0 Å². The van der Waals surface area contributed by atoms with Crippen LogP contribution in [-0.2, 0) is 0 Å². The first kappa shape index (κ1) is 13.9. The Hall–Kier alpha value is -2.56. The van der Waals surface area contributed by atoms with E-state index in [0.717, 1.165) is 21.7 Å². The Morgan fingerprint density at radius 1 is 1.40 bits per heavy atom. The summed E-state index contributed by atoms with van der Waals surface area (Å²) < 4.78 is 0.818. The van der Waals surface area contributed by atoms with Crippen molar-refractivity contribution in [2.45, 2.75) is 13.8 Å². The summed E-state index contributed by atoms with van der Waals surface area (Å²) in [6.45, 7) is 3.90. The number of allylic oxidation sites excluding steroid dienone is 1. The van der Waals surface area contributed by atoms with E-state index in [4.69, 9.17) is 0 Å². The van der Waals surface area contributed by atoms with Crippen molar-refractivity contribution in [3.63, 3.8) is 0 Å². The number of imidazole rings is 1. The topological polar surface area (TPSA) is 61.1 Å². The van der Waals surface area contributed by atoms with Crippen molar-refractivity contribution < 1.29 is 4.76 Å². The van der Waals surface area contributed by atoms with Gasteiger partial charge in [-0.2, -0.15) is 0 Å². The summed E-state index contributed by atoms with van der Waals surface area (Å²) in [6.07, 6.45) is 5.55. The van der Waals surface area contributed by atoms with Crippen molar-refractivity contribution in [1.29, 1.82) is 0 Å². The van der Waals surface area contributed by atoms with Crippen molar-refractivity contribution in [1.82, 2.24) is 9.97 Å². The van der Waals surface area contributed by atoms with Gasteiger partial charge in [0.2, 0.25) is 5.95 Å². The molecule has 0 aliphatic rings. The first-order chi connectivity index (χ1) is 9.60. The molecule has 5 heteroatoms. The second-order valence-electron chi connectivity index (χ2n) is 4.42. The molecule has 102 valence electrons. The fourth-order valence-corrected chi connectivity index (χ4v) is 1.78. The third kappa shape index (κ3) is 3.26. The lowest BCUT2D eigenvalue weighted by Crippen LogP contribution is -1.91. The molecule has 5 nitrogen and oxygen atoms in total. The minimum Gasteiger partial charge on any atom is -0.326 e. The molecule has 1 aromatic heterocycles. The van der Waals surface area contributed by atoms with Gasteiger partial charge >= 0.3 is 0 Å². The molecule has 0 saturated heterocycles. The molecule has 0 radical (unpaired) electrons. The molecule has 0 aliphatic heterocycles. The lowest BCUT2D eigenvalue weighted by atomic mass is 10.2. The molecule has 0 saturated carbocycles. The standard InChI is InChI=1S/C15H17N4O/c1-4-6-14-11(2)17-15(18-14)16-10-12-7-5-8-13(9-12)19(3)20/h4-10H,1-3H3,(H,17,18)/q+1. The summed E-state index contributed by atoms with van der Waals surface area (Å²) in [7, 11) is 1.47. The number of nitroso groups, excluding NO2 is 1. The first-order valence-electron chi connectivity index (χ1n) is 6.34. The number of nitrogens with one attached hydrogen (secondary N) is 1. The average molecular weight is 269 g/mol. The Labute approximate surface area is 117 Å². The molecule has 20 heavy (non-hydrogen) atoms. The number of rotatable bonds is 4. The van der Waals surface area contributed by atoms with E-state index in [1.54, 1.807) is 18.3 Å². The van der Waals surface area contributed by atoms with Crippen LogP contribution in [0, 0.1) is 11.8 Å². The van der Waals surface area contributed by atoms with Crippen molar-refractivity contribution >= 4 is 23.9 Å². The van der Waals surface area contributed by atoms with Crippen molar-refractivity contribution in [3.8, 4) is 0 Å². The largest absolute Gasteiger partial charge is 0.326 e. The maximum atomic E-state index is 11.2. The molecule has 0 unspecified atom stereocenters. The lowest BCUT2D eigenvalue weighted by Gasteiger charge is -1.92. The fraction of sp³-hybridized carbons (Fsp3) is 0.200. The van der Waals surface area contributed by atoms with Crippen LogP contribution in [0.2, 0.25) is 0 Å². The normalized spacial score (nSPS) is 11.6. The highest BCUT2D eigenvalue weighted by Crippen LogP contribution is 2.15. The predicted octanol–water partition coefficient (Wildman–Crippen LogP) is 3.54. The molecule has 2 rings (SSSR count). The Morgan fingerprint density at radius 2 is 2.20 bits per heavy atom. The zero-order valence-corrected chi connectivity index (χ0v) is 11.8. The van der Waals surface area contributed by atoms with E-state index < -0.39 is 0 Å². The number of aromatic amines is 1. The van der Waals surface area contributed by atoms with Crippen LogP contribution in [0.3, 0.4) is 0 Å². The van der Waals surface area contributed by atoms with Gasteiger partial charge < -0.3 is 4.98 Å². The summed E-state index contributed by atoms with van der Waals surface area (Å²) in [6, 6.07) is 7.24. The smallest absolute Gasteiger partial charge is 0.256 e. The van der Waals surface area contributed by atoms with Crippen molar-refractivity contribution in [3.05, 3.63) is 52.2 Å². The zero-order valence-electron chi connectivity index (χ0n) is 11.8. The molecule has 0 bridgehead atoms. The fourth-order valence-electron chi connectivity index (χ4n) is 1.78. The van der Waals surface area contributed by atoms with Crippen LogP contribution in [0.25, 0.3) is 6.08 Å². The van der Waals surface area contributed by atoms with Crippen LogP contribution >= 0.6 is 0 Å². The van der Waals surface area contributed by atoms with E-state index in [1.165, 1.54) is 7.05 Å².